The van der Waals surface area contributed by atoms with E-state index in [1.165, 1.54) is 17.5 Å². The molecule has 0 spiro atoms. The second kappa shape index (κ2) is 9.90. The van der Waals surface area contributed by atoms with Gasteiger partial charge in [-0.15, -0.1) is 24.0 Å². The van der Waals surface area contributed by atoms with Crippen LogP contribution in [0.4, 0.5) is 0 Å². The van der Waals surface area contributed by atoms with Gasteiger partial charge >= 0.3 is 0 Å². The summed E-state index contributed by atoms with van der Waals surface area (Å²) < 4.78 is 5.85. The highest BCUT2D eigenvalue weighted by Gasteiger charge is 2.33. The van der Waals surface area contributed by atoms with Crippen LogP contribution in [-0.2, 0) is 17.8 Å². The second-order valence-electron chi connectivity index (χ2n) is 7.61. The van der Waals surface area contributed by atoms with Gasteiger partial charge in [0.1, 0.15) is 0 Å². The van der Waals surface area contributed by atoms with E-state index in [1.54, 1.807) is 0 Å². The van der Waals surface area contributed by atoms with Gasteiger partial charge in [-0.3, -0.25) is 9.89 Å². The number of benzene rings is 1. The molecule has 5 nitrogen and oxygen atoms in total. The van der Waals surface area contributed by atoms with Gasteiger partial charge in [0.15, 0.2) is 5.96 Å². The number of hydrogen-bond donors (Lipinski definition) is 2. The highest BCUT2D eigenvalue weighted by Crippen LogP contribution is 2.28. The molecule has 0 bridgehead atoms. The normalized spacial score (nSPS) is 29.0. The Kier molecular flexibility index (Phi) is 8.16. The van der Waals surface area contributed by atoms with Crippen LogP contribution in [0.2, 0.25) is 0 Å². The monoisotopic (exact) mass is 472 g/mol. The Morgan fingerprint density at radius 3 is 2.35 bits per heavy atom. The van der Waals surface area contributed by atoms with Crippen LogP contribution in [0.15, 0.2) is 29.3 Å². The molecule has 0 radical (unpaired) electrons. The van der Waals surface area contributed by atoms with Crippen LogP contribution < -0.4 is 10.6 Å². The summed E-state index contributed by atoms with van der Waals surface area (Å²) in [4.78, 5) is 6.85. The molecule has 1 heterocycles. The first kappa shape index (κ1) is 21.4. The number of halogens is 1. The molecule has 2 fully saturated rings. The lowest BCUT2D eigenvalue weighted by Crippen LogP contribution is -2.45. The van der Waals surface area contributed by atoms with Crippen molar-refractivity contribution in [1.82, 2.24) is 15.5 Å². The minimum atomic E-state index is 0. The summed E-state index contributed by atoms with van der Waals surface area (Å²) in [6.45, 7) is 10.3. The lowest BCUT2D eigenvalue weighted by Gasteiger charge is -2.35. The molecule has 1 saturated heterocycles. The van der Waals surface area contributed by atoms with E-state index in [2.05, 4.69) is 65.6 Å². The lowest BCUT2D eigenvalue weighted by atomic mass is 10.1. The van der Waals surface area contributed by atoms with E-state index >= 15 is 0 Å². The van der Waals surface area contributed by atoms with E-state index in [-0.39, 0.29) is 24.0 Å². The molecular weight excluding hydrogens is 439 g/mol. The van der Waals surface area contributed by atoms with Crippen molar-refractivity contribution in [3.05, 3.63) is 35.4 Å². The fourth-order valence-corrected chi connectivity index (χ4v) is 3.61. The molecule has 0 aromatic heterocycles. The molecule has 6 heteroatoms. The minimum Gasteiger partial charge on any atom is -0.373 e. The third-order valence-corrected chi connectivity index (χ3v) is 5.11. The zero-order valence-electron chi connectivity index (χ0n) is 16.4. The van der Waals surface area contributed by atoms with Gasteiger partial charge < -0.3 is 15.4 Å². The molecule has 1 aliphatic heterocycles. The average molecular weight is 472 g/mol. The Bertz CT molecular complexity index is 599. The van der Waals surface area contributed by atoms with Gasteiger partial charge in [-0.2, -0.15) is 0 Å². The molecule has 1 aliphatic carbocycles. The summed E-state index contributed by atoms with van der Waals surface area (Å²) in [5, 5.41) is 6.95. The van der Waals surface area contributed by atoms with Crippen LogP contribution in [0, 0.1) is 5.92 Å². The van der Waals surface area contributed by atoms with E-state index in [0.29, 0.717) is 18.2 Å². The van der Waals surface area contributed by atoms with E-state index in [0.717, 1.165) is 38.1 Å². The molecule has 4 atom stereocenters. The third-order valence-electron chi connectivity index (χ3n) is 5.11. The van der Waals surface area contributed by atoms with Crippen molar-refractivity contribution in [2.75, 3.05) is 20.1 Å². The number of hydrogen-bond acceptors (Lipinski definition) is 3. The Morgan fingerprint density at radius 2 is 1.77 bits per heavy atom. The number of guanidine groups is 1. The first-order valence-electron chi connectivity index (χ1n) is 9.47. The van der Waals surface area contributed by atoms with Crippen molar-refractivity contribution in [3.8, 4) is 0 Å². The first-order valence-corrected chi connectivity index (χ1v) is 9.47. The molecule has 1 aromatic rings. The summed E-state index contributed by atoms with van der Waals surface area (Å²) in [5.41, 5.74) is 2.72. The van der Waals surface area contributed by atoms with Gasteiger partial charge in [0.25, 0.3) is 0 Å². The predicted octanol–water partition coefficient (Wildman–Crippen LogP) is 2.99. The van der Waals surface area contributed by atoms with Crippen LogP contribution in [0.1, 0.15) is 38.3 Å². The number of rotatable bonds is 5. The van der Waals surface area contributed by atoms with Gasteiger partial charge in [-0.25, -0.2) is 0 Å². The van der Waals surface area contributed by atoms with Crippen LogP contribution in [0.5, 0.6) is 0 Å². The molecule has 2 N–H and O–H groups in total. The smallest absolute Gasteiger partial charge is 0.191 e. The van der Waals surface area contributed by atoms with Gasteiger partial charge in [0.2, 0.25) is 0 Å². The predicted molar refractivity (Wildman–Crippen MR) is 118 cm³/mol. The maximum atomic E-state index is 5.85. The number of nitrogens with zero attached hydrogens (tertiary/aromatic N) is 2. The van der Waals surface area contributed by atoms with E-state index < -0.39 is 0 Å². The van der Waals surface area contributed by atoms with E-state index in [4.69, 9.17) is 4.74 Å². The van der Waals surface area contributed by atoms with Crippen LogP contribution >= 0.6 is 24.0 Å². The van der Waals surface area contributed by atoms with Gasteiger partial charge in [0.05, 0.1) is 12.2 Å². The third kappa shape index (κ3) is 6.09. The number of morpholine rings is 1. The quantitative estimate of drug-likeness (QED) is 0.393. The maximum absolute atomic E-state index is 5.85. The molecular formula is C20H33IN4O. The zero-order valence-corrected chi connectivity index (χ0v) is 18.7. The van der Waals surface area contributed by atoms with Crippen LogP contribution in [0.25, 0.3) is 0 Å². The summed E-state index contributed by atoms with van der Waals surface area (Å²) in [6, 6.07) is 9.27. The SMILES string of the molecule is CN=C(NCc1ccccc1CN1CC(C)OC(C)C1)NC1CC1C.I. The van der Waals surface area contributed by atoms with Gasteiger partial charge in [-0.05, 0) is 37.3 Å². The highest BCUT2D eigenvalue weighted by atomic mass is 127. The molecule has 2 aliphatic rings. The lowest BCUT2D eigenvalue weighted by molar-refractivity contribution is -0.0705. The Hall–Kier alpha value is -0.860. The standard InChI is InChI=1S/C20H32N4O.HI/c1-14-9-19(14)23-20(21-4)22-10-17-7-5-6-8-18(17)13-24-11-15(2)25-16(3)12-24;/h5-8,14-16,19H,9-13H2,1-4H3,(H2,21,22,23);1H. The van der Waals surface area contributed by atoms with E-state index in [1.807, 2.05) is 7.05 Å². The fourth-order valence-electron chi connectivity index (χ4n) is 3.61. The van der Waals surface area contributed by atoms with Crippen molar-refractivity contribution in [2.45, 2.75) is 58.5 Å². The Balaban J connectivity index is 0.00000243. The topological polar surface area (TPSA) is 48.9 Å². The first-order chi connectivity index (χ1) is 12.0. The average Bonchev–Trinajstić information content (AvgIpc) is 3.26. The largest absolute Gasteiger partial charge is 0.373 e. The van der Waals surface area contributed by atoms with Crippen LogP contribution in [-0.4, -0.2) is 49.2 Å². The molecule has 26 heavy (non-hydrogen) atoms. The maximum Gasteiger partial charge on any atom is 0.191 e. The molecule has 146 valence electrons. The summed E-state index contributed by atoms with van der Waals surface area (Å²) in [7, 11) is 1.84. The summed E-state index contributed by atoms with van der Waals surface area (Å²) in [6.07, 6.45) is 1.85. The Morgan fingerprint density at radius 1 is 1.15 bits per heavy atom. The second-order valence-corrected chi connectivity index (χ2v) is 7.61. The van der Waals surface area contributed by atoms with Crippen LogP contribution in [0.3, 0.4) is 0 Å². The Labute approximate surface area is 175 Å². The minimum absolute atomic E-state index is 0. The highest BCUT2D eigenvalue weighted by molar-refractivity contribution is 14.0. The van der Waals surface area contributed by atoms with Crippen molar-refractivity contribution < 1.29 is 4.74 Å². The summed E-state index contributed by atoms with van der Waals surface area (Å²) in [5.74, 6) is 1.66. The number of ether oxygens (including phenoxy) is 1. The zero-order chi connectivity index (χ0) is 17.8. The van der Waals surface area contributed by atoms with Crippen molar-refractivity contribution in [1.29, 1.82) is 0 Å². The molecule has 0 amide bonds. The number of aliphatic imine (C=N–C) groups is 1. The summed E-state index contributed by atoms with van der Waals surface area (Å²) >= 11 is 0. The van der Waals surface area contributed by atoms with Crippen molar-refractivity contribution in [2.24, 2.45) is 10.9 Å². The molecule has 3 rings (SSSR count). The van der Waals surface area contributed by atoms with Gasteiger partial charge in [0, 0.05) is 39.3 Å². The molecule has 4 unspecified atom stereocenters. The van der Waals surface area contributed by atoms with Crippen molar-refractivity contribution >= 4 is 29.9 Å². The molecule has 1 aromatic carbocycles. The van der Waals surface area contributed by atoms with E-state index in [9.17, 15) is 0 Å². The van der Waals surface area contributed by atoms with Gasteiger partial charge in [-0.1, -0.05) is 31.2 Å². The number of nitrogens with one attached hydrogen (secondary N) is 2. The fraction of sp³-hybridized carbons (Fsp3) is 0.650. The van der Waals surface area contributed by atoms with Crippen molar-refractivity contribution in [3.63, 3.8) is 0 Å². The molecule has 1 saturated carbocycles.